The van der Waals surface area contributed by atoms with E-state index in [9.17, 15) is 4.79 Å². The fraction of sp³-hybridized carbons (Fsp3) is 0.929. The van der Waals surface area contributed by atoms with Gasteiger partial charge < -0.3 is 20.1 Å². The molecular weight excluding hydrogens is 280 g/mol. The maximum absolute atomic E-state index is 12.5. The van der Waals surface area contributed by atoms with Crippen molar-refractivity contribution in [1.29, 1.82) is 0 Å². The van der Waals surface area contributed by atoms with Crippen molar-refractivity contribution in [1.82, 2.24) is 4.90 Å². The first-order chi connectivity index (χ1) is 9.01. The highest BCUT2D eigenvalue weighted by molar-refractivity contribution is 5.86. The van der Waals surface area contributed by atoms with Gasteiger partial charge in [-0.25, -0.2) is 0 Å². The second kappa shape index (κ2) is 7.59. The molecule has 20 heavy (non-hydrogen) atoms. The first kappa shape index (κ1) is 17.7. The summed E-state index contributed by atoms with van der Waals surface area (Å²) in [5, 5.41) is 0. The lowest BCUT2D eigenvalue weighted by molar-refractivity contribution is -0.140. The van der Waals surface area contributed by atoms with Crippen LogP contribution in [0.25, 0.3) is 0 Å². The highest BCUT2D eigenvalue weighted by Gasteiger charge is 2.41. The number of hydrogen-bond acceptors (Lipinski definition) is 4. The molecule has 1 amide bonds. The molecule has 2 saturated heterocycles. The van der Waals surface area contributed by atoms with Crippen molar-refractivity contribution in [3.05, 3.63) is 0 Å². The zero-order valence-corrected chi connectivity index (χ0v) is 13.3. The van der Waals surface area contributed by atoms with Gasteiger partial charge in [0.1, 0.15) is 0 Å². The van der Waals surface area contributed by atoms with Gasteiger partial charge in [-0.15, -0.1) is 12.4 Å². The zero-order chi connectivity index (χ0) is 13.9. The minimum absolute atomic E-state index is 0. The van der Waals surface area contributed by atoms with Crippen LogP contribution in [0, 0.1) is 5.92 Å². The zero-order valence-electron chi connectivity index (χ0n) is 12.5. The Balaban J connectivity index is 0.00000200. The van der Waals surface area contributed by atoms with Gasteiger partial charge in [0.2, 0.25) is 5.91 Å². The van der Waals surface area contributed by atoms with Crippen molar-refractivity contribution in [2.45, 2.75) is 44.8 Å². The number of amides is 1. The lowest BCUT2D eigenvalue weighted by Crippen LogP contribution is -2.57. The number of nitrogens with two attached hydrogens (primary N) is 1. The summed E-state index contributed by atoms with van der Waals surface area (Å²) in [6.45, 7) is 7.65. The van der Waals surface area contributed by atoms with Crippen molar-refractivity contribution in [3.8, 4) is 0 Å². The Morgan fingerprint density at radius 3 is 2.70 bits per heavy atom. The molecule has 2 heterocycles. The van der Waals surface area contributed by atoms with Gasteiger partial charge in [0.05, 0.1) is 11.6 Å². The van der Waals surface area contributed by atoms with Crippen LogP contribution < -0.4 is 5.73 Å². The molecule has 2 N–H and O–H groups in total. The maximum atomic E-state index is 12.5. The van der Waals surface area contributed by atoms with E-state index >= 15 is 0 Å². The molecule has 0 aliphatic carbocycles. The van der Waals surface area contributed by atoms with E-state index in [-0.39, 0.29) is 24.4 Å². The summed E-state index contributed by atoms with van der Waals surface area (Å²) in [6, 6.07) is 0. The van der Waals surface area contributed by atoms with Crippen LogP contribution in [0.15, 0.2) is 0 Å². The molecule has 2 fully saturated rings. The van der Waals surface area contributed by atoms with Crippen LogP contribution in [0.1, 0.15) is 33.1 Å². The molecule has 0 spiro atoms. The number of carbonyl (C=O) groups is 1. The second-order valence-electron chi connectivity index (χ2n) is 6.16. The standard InChI is InChI=1S/C14H26N2O3.ClH/c1-11(2)10-19-12-3-6-16(9-12)13(17)14(15)4-7-18-8-5-14;/h11-12H,3-10,15H2,1-2H3;1H. The summed E-state index contributed by atoms with van der Waals surface area (Å²) < 4.78 is 11.1. The summed E-state index contributed by atoms with van der Waals surface area (Å²) in [7, 11) is 0. The van der Waals surface area contributed by atoms with Crippen LogP contribution in [-0.4, -0.2) is 55.4 Å². The van der Waals surface area contributed by atoms with Crippen LogP contribution in [0.5, 0.6) is 0 Å². The predicted molar refractivity (Wildman–Crippen MR) is 80.0 cm³/mol. The molecule has 0 aromatic carbocycles. The average Bonchev–Trinajstić information content (AvgIpc) is 2.85. The van der Waals surface area contributed by atoms with Crippen LogP contribution in [0.2, 0.25) is 0 Å². The van der Waals surface area contributed by atoms with Crippen molar-refractivity contribution >= 4 is 18.3 Å². The van der Waals surface area contributed by atoms with E-state index in [4.69, 9.17) is 15.2 Å². The quantitative estimate of drug-likeness (QED) is 0.847. The van der Waals surface area contributed by atoms with Gasteiger partial charge in [-0.2, -0.15) is 0 Å². The fourth-order valence-corrected chi connectivity index (χ4v) is 2.64. The average molecular weight is 307 g/mol. The number of likely N-dealkylation sites (tertiary alicyclic amines) is 1. The first-order valence-corrected chi connectivity index (χ1v) is 7.29. The largest absolute Gasteiger partial charge is 0.381 e. The summed E-state index contributed by atoms with van der Waals surface area (Å²) in [6.07, 6.45) is 2.35. The molecule has 1 atom stereocenters. The molecule has 118 valence electrons. The van der Waals surface area contributed by atoms with Crippen molar-refractivity contribution in [3.63, 3.8) is 0 Å². The maximum Gasteiger partial charge on any atom is 0.242 e. The minimum atomic E-state index is -0.717. The Morgan fingerprint density at radius 2 is 2.10 bits per heavy atom. The third-order valence-corrected chi connectivity index (χ3v) is 3.91. The van der Waals surface area contributed by atoms with E-state index in [2.05, 4.69) is 13.8 Å². The lowest BCUT2D eigenvalue weighted by atomic mass is 9.90. The van der Waals surface area contributed by atoms with Crippen LogP contribution >= 0.6 is 12.4 Å². The van der Waals surface area contributed by atoms with E-state index in [1.165, 1.54) is 0 Å². The Hall–Kier alpha value is -0.360. The smallest absolute Gasteiger partial charge is 0.242 e. The summed E-state index contributed by atoms with van der Waals surface area (Å²) in [4.78, 5) is 14.4. The van der Waals surface area contributed by atoms with Gasteiger partial charge >= 0.3 is 0 Å². The van der Waals surface area contributed by atoms with Crippen molar-refractivity contribution < 1.29 is 14.3 Å². The van der Waals surface area contributed by atoms with Crippen molar-refractivity contribution in [2.75, 3.05) is 32.9 Å². The number of hydrogen-bond donors (Lipinski definition) is 1. The Kier molecular flexibility index (Phi) is 6.72. The van der Waals surface area contributed by atoms with Gasteiger partial charge in [0.15, 0.2) is 0 Å². The summed E-state index contributed by atoms with van der Waals surface area (Å²) in [5.74, 6) is 0.604. The second-order valence-corrected chi connectivity index (χ2v) is 6.16. The van der Waals surface area contributed by atoms with Gasteiger partial charge in [0.25, 0.3) is 0 Å². The number of ether oxygens (including phenoxy) is 2. The van der Waals surface area contributed by atoms with Gasteiger partial charge in [-0.05, 0) is 25.2 Å². The fourth-order valence-electron chi connectivity index (χ4n) is 2.64. The first-order valence-electron chi connectivity index (χ1n) is 7.29. The molecule has 6 heteroatoms. The number of halogens is 1. The monoisotopic (exact) mass is 306 g/mol. The van der Waals surface area contributed by atoms with E-state index in [1.54, 1.807) is 0 Å². The molecule has 2 rings (SSSR count). The molecule has 0 aromatic heterocycles. The van der Waals surface area contributed by atoms with E-state index in [0.717, 1.165) is 19.6 Å². The molecule has 0 aromatic rings. The highest BCUT2D eigenvalue weighted by atomic mass is 35.5. The SMILES string of the molecule is CC(C)COC1CCN(C(=O)C2(N)CCOCC2)C1.Cl. The summed E-state index contributed by atoms with van der Waals surface area (Å²) >= 11 is 0. The van der Waals surface area contributed by atoms with Crippen molar-refractivity contribution in [2.24, 2.45) is 11.7 Å². The third kappa shape index (κ3) is 4.32. The topological polar surface area (TPSA) is 64.8 Å². The van der Waals surface area contributed by atoms with Crippen LogP contribution in [0.3, 0.4) is 0 Å². The summed E-state index contributed by atoms with van der Waals surface area (Å²) in [5.41, 5.74) is 5.52. The van der Waals surface area contributed by atoms with Gasteiger partial charge in [-0.1, -0.05) is 13.8 Å². The van der Waals surface area contributed by atoms with E-state index in [1.807, 2.05) is 4.90 Å². The molecule has 1 unspecified atom stereocenters. The Labute approximate surface area is 127 Å². The van der Waals surface area contributed by atoms with E-state index in [0.29, 0.717) is 38.5 Å². The van der Waals surface area contributed by atoms with Crippen LogP contribution in [-0.2, 0) is 14.3 Å². The Morgan fingerprint density at radius 1 is 1.45 bits per heavy atom. The Bertz CT molecular complexity index is 320. The molecule has 2 aliphatic heterocycles. The van der Waals surface area contributed by atoms with Gasteiger partial charge in [0, 0.05) is 32.9 Å². The number of rotatable bonds is 4. The predicted octanol–water partition coefficient (Wildman–Crippen LogP) is 1.19. The number of carbonyl (C=O) groups excluding carboxylic acids is 1. The molecular formula is C14H27ClN2O3. The molecule has 0 bridgehead atoms. The third-order valence-electron chi connectivity index (χ3n) is 3.91. The molecule has 2 aliphatic rings. The lowest BCUT2D eigenvalue weighted by Gasteiger charge is -2.35. The molecule has 0 radical (unpaired) electrons. The normalized spacial score (nSPS) is 25.6. The van der Waals surface area contributed by atoms with Gasteiger partial charge in [-0.3, -0.25) is 4.79 Å². The van der Waals surface area contributed by atoms with Crippen LogP contribution in [0.4, 0.5) is 0 Å². The number of nitrogens with zero attached hydrogens (tertiary/aromatic N) is 1. The minimum Gasteiger partial charge on any atom is -0.381 e. The van der Waals surface area contributed by atoms with E-state index < -0.39 is 5.54 Å². The highest BCUT2D eigenvalue weighted by Crippen LogP contribution is 2.24. The molecule has 0 saturated carbocycles. The molecule has 5 nitrogen and oxygen atoms in total.